The molecule has 0 saturated carbocycles. The third-order valence-corrected chi connectivity index (χ3v) is 2.05. The molecule has 3 nitrogen and oxygen atoms in total. The molecule has 2 aliphatic heterocycles. The lowest BCUT2D eigenvalue weighted by Gasteiger charge is -2.21. The van der Waals surface area contributed by atoms with Gasteiger partial charge in [-0.1, -0.05) is 13.8 Å². The molecule has 0 radical (unpaired) electrons. The fourth-order valence-electron chi connectivity index (χ4n) is 1.62. The molecule has 3 heteroatoms. The van der Waals surface area contributed by atoms with Gasteiger partial charge in [-0.2, -0.15) is 0 Å². The van der Waals surface area contributed by atoms with Crippen LogP contribution in [0.15, 0.2) is 0 Å². The molecule has 78 valence electrons. The standard InChI is InChI=1S/C8H14O3.C2H6/c1-8(2)10-6-4-3-5-9-7(6)11-8;1-2/h6-7H,3-5H2,1-2H3;1-2H3. The van der Waals surface area contributed by atoms with Crippen LogP contribution in [0.1, 0.15) is 40.5 Å². The average Bonchev–Trinajstić information content (AvgIpc) is 2.41. The van der Waals surface area contributed by atoms with Crippen LogP contribution in [0.5, 0.6) is 0 Å². The second kappa shape index (κ2) is 4.40. The van der Waals surface area contributed by atoms with Crippen molar-refractivity contribution in [1.82, 2.24) is 0 Å². The van der Waals surface area contributed by atoms with E-state index >= 15 is 0 Å². The molecular weight excluding hydrogens is 168 g/mol. The van der Waals surface area contributed by atoms with Crippen LogP contribution in [-0.2, 0) is 14.2 Å². The van der Waals surface area contributed by atoms with E-state index in [1.54, 1.807) is 0 Å². The summed E-state index contributed by atoms with van der Waals surface area (Å²) in [4.78, 5) is 0. The number of rotatable bonds is 0. The Labute approximate surface area is 80.4 Å². The second-order valence-corrected chi connectivity index (χ2v) is 3.56. The van der Waals surface area contributed by atoms with Crippen molar-refractivity contribution in [2.24, 2.45) is 0 Å². The van der Waals surface area contributed by atoms with Gasteiger partial charge in [0.05, 0.1) is 0 Å². The minimum atomic E-state index is -0.445. The molecule has 0 aromatic carbocycles. The van der Waals surface area contributed by atoms with E-state index in [2.05, 4.69) is 0 Å². The van der Waals surface area contributed by atoms with Gasteiger partial charge in [0.1, 0.15) is 6.10 Å². The molecule has 0 amide bonds. The Bertz CT molecular complexity index is 140. The van der Waals surface area contributed by atoms with E-state index in [1.165, 1.54) is 0 Å². The summed E-state index contributed by atoms with van der Waals surface area (Å²) < 4.78 is 16.5. The monoisotopic (exact) mass is 188 g/mol. The highest BCUT2D eigenvalue weighted by Crippen LogP contribution is 2.33. The van der Waals surface area contributed by atoms with Crippen LogP contribution in [0.2, 0.25) is 0 Å². The molecule has 0 aromatic rings. The summed E-state index contributed by atoms with van der Waals surface area (Å²) in [7, 11) is 0. The first-order chi connectivity index (χ1) is 6.17. The van der Waals surface area contributed by atoms with Gasteiger partial charge in [0, 0.05) is 6.61 Å². The van der Waals surface area contributed by atoms with E-state index in [0.29, 0.717) is 0 Å². The van der Waals surface area contributed by atoms with E-state index in [0.717, 1.165) is 19.4 Å². The van der Waals surface area contributed by atoms with Crippen molar-refractivity contribution in [3.63, 3.8) is 0 Å². The van der Waals surface area contributed by atoms with E-state index in [-0.39, 0.29) is 12.4 Å². The SMILES string of the molecule is CC.CC1(C)OC2CCCOC2O1. The molecule has 2 saturated heterocycles. The highest BCUT2D eigenvalue weighted by molar-refractivity contribution is 4.78. The first-order valence-electron chi connectivity index (χ1n) is 5.15. The van der Waals surface area contributed by atoms with Crippen LogP contribution in [-0.4, -0.2) is 24.8 Å². The van der Waals surface area contributed by atoms with Gasteiger partial charge in [-0.05, 0) is 26.7 Å². The van der Waals surface area contributed by atoms with Crippen molar-refractivity contribution in [3.05, 3.63) is 0 Å². The zero-order valence-corrected chi connectivity index (χ0v) is 9.00. The minimum absolute atomic E-state index is 0.112. The van der Waals surface area contributed by atoms with Gasteiger partial charge in [-0.25, -0.2) is 0 Å². The Hall–Kier alpha value is -0.120. The molecule has 2 rings (SSSR count). The van der Waals surface area contributed by atoms with E-state index in [9.17, 15) is 0 Å². The Kier molecular flexibility index (Phi) is 3.71. The molecule has 0 N–H and O–H groups in total. The molecule has 0 aromatic heterocycles. The van der Waals surface area contributed by atoms with E-state index in [1.807, 2.05) is 27.7 Å². The summed E-state index contributed by atoms with van der Waals surface area (Å²) in [5, 5.41) is 0. The normalized spacial score (nSPS) is 36.0. The average molecular weight is 188 g/mol. The maximum atomic E-state index is 5.61. The Morgan fingerprint density at radius 1 is 1.15 bits per heavy atom. The zero-order chi connectivity index (χ0) is 9.90. The largest absolute Gasteiger partial charge is 0.350 e. The minimum Gasteiger partial charge on any atom is -0.350 e. The van der Waals surface area contributed by atoms with Gasteiger partial charge >= 0.3 is 0 Å². The summed E-state index contributed by atoms with van der Waals surface area (Å²) in [5.41, 5.74) is 0. The molecular formula is C10H20O3. The molecule has 2 unspecified atom stereocenters. The maximum Gasteiger partial charge on any atom is 0.187 e. The van der Waals surface area contributed by atoms with Crippen LogP contribution in [0.3, 0.4) is 0 Å². The van der Waals surface area contributed by atoms with Crippen LogP contribution in [0.4, 0.5) is 0 Å². The van der Waals surface area contributed by atoms with Crippen LogP contribution >= 0.6 is 0 Å². The Balaban J connectivity index is 0.000000396. The maximum absolute atomic E-state index is 5.61. The van der Waals surface area contributed by atoms with Crippen molar-refractivity contribution in [2.75, 3.05) is 6.61 Å². The van der Waals surface area contributed by atoms with Crippen molar-refractivity contribution < 1.29 is 14.2 Å². The fourth-order valence-corrected chi connectivity index (χ4v) is 1.62. The summed E-state index contributed by atoms with van der Waals surface area (Å²) in [6.07, 6.45) is 2.20. The summed E-state index contributed by atoms with van der Waals surface area (Å²) in [6, 6.07) is 0. The number of ether oxygens (including phenoxy) is 3. The topological polar surface area (TPSA) is 27.7 Å². The molecule has 13 heavy (non-hydrogen) atoms. The van der Waals surface area contributed by atoms with Crippen molar-refractivity contribution in [2.45, 2.75) is 58.7 Å². The third kappa shape index (κ3) is 2.66. The predicted molar refractivity (Wildman–Crippen MR) is 50.4 cm³/mol. The first-order valence-corrected chi connectivity index (χ1v) is 5.15. The van der Waals surface area contributed by atoms with Crippen molar-refractivity contribution in [3.8, 4) is 0 Å². The fraction of sp³-hybridized carbons (Fsp3) is 1.00. The van der Waals surface area contributed by atoms with Crippen LogP contribution in [0, 0.1) is 0 Å². The smallest absolute Gasteiger partial charge is 0.187 e. The quantitative estimate of drug-likeness (QED) is 0.584. The van der Waals surface area contributed by atoms with Crippen LogP contribution in [0.25, 0.3) is 0 Å². The highest BCUT2D eigenvalue weighted by Gasteiger charge is 2.43. The lowest BCUT2D eigenvalue weighted by atomic mass is 10.1. The molecule has 0 bridgehead atoms. The lowest BCUT2D eigenvalue weighted by molar-refractivity contribution is -0.191. The van der Waals surface area contributed by atoms with Gasteiger partial charge in [-0.3, -0.25) is 0 Å². The third-order valence-electron chi connectivity index (χ3n) is 2.05. The zero-order valence-electron chi connectivity index (χ0n) is 9.00. The van der Waals surface area contributed by atoms with Gasteiger partial charge in [0.25, 0.3) is 0 Å². The predicted octanol–water partition coefficient (Wildman–Crippen LogP) is 2.30. The number of fused-ring (bicyclic) bond motifs is 1. The highest BCUT2D eigenvalue weighted by atomic mass is 16.8. The lowest BCUT2D eigenvalue weighted by Crippen LogP contribution is -2.30. The van der Waals surface area contributed by atoms with Crippen molar-refractivity contribution >= 4 is 0 Å². The van der Waals surface area contributed by atoms with E-state index < -0.39 is 5.79 Å². The number of hydrogen-bond acceptors (Lipinski definition) is 3. The molecule has 2 atom stereocenters. The molecule has 2 fully saturated rings. The van der Waals surface area contributed by atoms with Crippen LogP contribution < -0.4 is 0 Å². The Morgan fingerprint density at radius 2 is 1.85 bits per heavy atom. The number of hydrogen-bond donors (Lipinski definition) is 0. The molecule has 0 spiro atoms. The summed E-state index contributed by atoms with van der Waals surface area (Å²) >= 11 is 0. The molecule has 0 aliphatic carbocycles. The van der Waals surface area contributed by atoms with Gasteiger partial charge < -0.3 is 14.2 Å². The molecule has 2 aliphatic rings. The second-order valence-electron chi connectivity index (χ2n) is 3.56. The summed E-state index contributed by atoms with van der Waals surface area (Å²) in [6.45, 7) is 8.66. The van der Waals surface area contributed by atoms with E-state index in [4.69, 9.17) is 14.2 Å². The van der Waals surface area contributed by atoms with Gasteiger partial charge in [0.15, 0.2) is 12.1 Å². The van der Waals surface area contributed by atoms with Gasteiger partial charge in [0.2, 0.25) is 0 Å². The molecule has 2 heterocycles. The summed E-state index contributed by atoms with van der Waals surface area (Å²) in [5.74, 6) is -0.445. The first kappa shape index (κ1) is 11.0. The van der Waals surface area contributed by atoms with Crippen molar-refractivity contribution in [1.29, 1.82) is 0 Å². The van der Waals surface area contributed by atoms with Gasteiger partial charge in [-0.15, -0.1) is 0 Å². The Morgan fingerprint density at radius 3 is 2.46 bits per heavy atom.